The zero-order chi connectivity index (χ0) is 12.4. The van der Waals surface area contributed by atoms with Gasteiger partial charge in [-0.15, -0.1) is 0 Å². The van der Waals surface area contributed by atoms with Gasteiger partial charge in [0.15, 0.2) is 0 Å². The zero-order valence-corrected chi connectivity index (χ0v) is 9.82. The van der Waals surface area contributed by atoms with Crippen molar-refractivity contribution in [2.45, 2.75) is 6.04 Å². The van der Waals surface area contributed by atoms with Crippen molar-refractivity contribution in [3.05, 3.63) is 54.6 Å². The SMILES string of the molecule is O=CC1COc2ccccc2N1c1ccccc1. The summed E-state index contributed by atoms with van der Waals surface area (Å²) in [6.07, 6.45) is 0.933. The molecule has 90 valence electrons. The first kappa shape index (κ1) is 10.8. The van der Waals surface area contributed by atoms with E-state index in [1.54, 1.807) is 0 Å². The lowest BCUT2D eigenvalue weighted by Crippen LogP contribution is -2.40. The summed E-state index contributed by atoms with van der Waals surface area (Å²) in [5.74, 6) is 0.819. The molecule has 0 fully saturated rings. The van der Waals surface area contributed by atoms with Gasteiger partial charge in [-0.05, 0) is 24.3 Å². The van der Waals surface area contributed by atoms with Crippen LogP contribution in [-0.4, -0.2) is 18.9 Å². The number of carbonyl (C=O) groups excluding carboxylic acids is 1. The van der Waals surface area contributed by atoms with E-state index in [4.69, 9.17) is 4.74 Å². The summed E-state index contributed by atoms with van der Waals surface area (Å²) in [5.41, 5.74) is 1.94. The number of para-hydroxylation sites is 3. The van der Waals surface area contributed by atoms with Crippen LogP contribution in [0.4, 0.5) is 11.4 Å². The van der Waals surface area contributed by atoms with Gasteiger partial charge in [-0.3, -0.25) is 0 Å². The Bertz CT molecular complexity index is 553. The largest absolute Gasteiger partial charge is 0.489 e. The van der Waals surface area contributed by atoms with Crippen molar-refractivity contribution in [2.24, 2.45) is 0 Å². The number of fused-ring (bicyclic) bond motifs is 1. The lowest BCUT2D eigenvalue weighted by molar-refractivity contribution is -0.109. The van der Waals surface area contributed by atoms with Crippen molar-refractivity contribution in [3.63, 3.8) is 0 Å². The zero-order valence-electron chi connectivity index (χ0n) is 9.82. The van der Waals surface area contributed by atoms with E-state index in [-0.39, 0.29) is 6.04 Å². The van der Waals surface area contributed by atoms with Crippen LogP contribution < -0.4 is 9.64 Å². The van der Waals surface area contributed by atoms with Crippen molar-refractivity contribution in [2.75, 3.05) is 11.5 Å². The van der Waals surface area contributed by atoms with Crippen molar-refractivity contribution >= 4 is 17.7 Å². The Morgan fingerprint density at radius 1 is 1.06 bits per heavy atom. The molecular weight excluding hydrogens is 226 g/mol. The molecule has 1 aliphatic heterocycles. The average molecular weight is 239 g/mol. The molecule has 1 unspecified atom stereocenters. The number of hydrogen-bond acceptors (Lipinski definition) is 3. The van der Waals surface area contributed by atoms with Gasteiger partial charge in [0.2, 0.25) is 0 Å². The Morgan fingerprint density at radius 2 is 1.78 bits per heavy atom. The summed E-state index contributed by atoms with van der Waals surface area (Å²) < 4.78 is 5.61. The molecule has 3 nitrogen and oxygen atoms in total. The Morgan fingerprint density at radius 3 is 2.56 bits per heavy atom. The smallest absolute Gasteiger partial charge is 0.146 e. The number of anilines is 2. The monoisotopic (exact) mass is 239 g/mol. The van der Waals surface area contributed by atoms with Gasteiger partial charge in [0.25, 0.3) is 0 Å². The molecule has 0 spiro atoms. The lowest BCUT2D eigenvalue weighted by Gasteiger charge is -2.35. The summed E-state index contributed by atoms with van der Waals surface area (Å²) in [6.45, 7) is 0.384. The molecule has 3 rings (SSSR count). The maximum Gasteiger partial charge on any atom is 0.146 e. The minimum absolute atomic E-state index is 0.276. The van der Waals surface area contributed by atoms with Crippen LogP contribution in [0.2, 0.25) is 0 Å². The second-order valence-electron chi connectivity index (χ2n) is 4.19. The number of aldehydes is 1. The number of rotatable bonds is 2. The van der Waals surface area contributed by atoms with Crippen molar-refractivity contribution < 1.29 is 9.53 Å². The quantitative estimate of drug-likeness (QED) is 0.755. The number of benzene rings is 2. The maximum absolute atomic E-state index is 11.2. The van der Waals surface area contributed by atoms with E-state index in [0.29, 0.717) is 6.61 Å². The Labute approximate surface area is 106 Å². The summed E-state index contributed by atoms with van der Waals surface area (Å²) in [6, 6.07) is 17.4. The molecule has 18 heavy (non-hydrogen) atoms. The second-order valence-corrected chi connectivity index (χ2v) is 4.19. The molecule has 0 bridgehead atoms. The fraction of sp³-hybridized carbons (Fsp3) is 0.133. The molecule has 2 aromatic carbocycles. The van der Waals surface area contributed by atoms with Gasteiger partial charge in [-0.25, -0.2) is 0 Å². The molecule has 3 heteroatoms. The van der Waals surface area contributed by atoms with Gasteiger partial charge in [-0.1, -0.05) is 30.3 Å². The van der Waals surface area contributed by atoms with E-state index in [1.165, 1.54) is 0 Å². The van der Waals surface area contributed by atoms with E-state index in [2.05, 4.69) is 0 Å². The van der Waals surface area contributed by atoms with E-state index in [9.17, 15) is 4.79 Å². The van der Waals surface area contributed by atoms with Crippen LogP contribution in [0.15, 0.2) is 54.6 Å². The van der Waals surface area contributed by atoms with Crippen molar-refractivity contribution in [1.29, 1.82) is 0 Å². The number of ether oxygens (including phenoxy) is 1. The van der Waals surface area contributed by atoms with E-state index in [1.807, 2.05) is 59.5 Å². The molecule has 0 amide bonds. The molecule has 0 N–H and O–H groups in total. The normalized spacial score (nSPS) is 17.8. The van der Waals surface area contributed by atoms with Crippen LogP contribution >= 0.6 is 0 Å². The van der Waals surface area contributed by atoms with Gasteiger partial charge in [0, 0.05) is 5.69 Å². The Balaban J connectivity index is 2.12. The first-order chi connectivity index (χ1) is 8.90. The molecule has 0 aliphatic carbocycles. The molecule has 0 aromatic heterocycles. The van der Waals surface area contributed by atoms with Gasteiger partial charge in [0.05, 0.1) is 5.69 Å². The highest BCUT2D eigenvalue weighted by Gasteiger charge is 2.27. The van der Waals surface area contributed by atoms with Crippen LogP contribution in [0.5, 0.6) is 5.75 Å². The minimum Gasteiger partial charge on any atom is -0.489 e. The van der Waals surface area contributed by atoms with Crippen LogP contribution in [-0.2, 0) is 4.79 Å². The van der Waals surface area contributed by atoms with Crippen molar-refractivity contribution in [1.82, 2.24) is 0 Å². The fourth-order valence-electron chi connectivity index (χ4n) is 2.23. The highest BCUT2D eigenvalue weighted by molar-refractivity contribution is 5.79. The topological polar surface area (TPSA) is 29.5 Å². The third-order valence-electron chi connectivity index (χ3n) is 3.06. The molecular formula is C15H13NO2. The Kier molecular flexibility index (Phi) is 2.73. The van der Waals surface area contributed by atoms with Gasteiger partial charge in [0.1, 0.15) is 24.7 Å². The first-order valence-electron chi connectivity index (χ1n) is 5.91. The van der Waals surface area contributed by atoms with Gasteiger partial charge in [-0.2, -0.15) is 0 Å². The summed E-state index contributed by atoms with van der Waals surface area (Å²) in [4.78, 5) is 13.3. The molecule has 1 atom stereocenters. The lowest BCUT2D eigenvalue weighted by atomic mass is 10.1. The molecule has 0 radical (unpaired) electrons. The van der Waals surface area contributed by atoms with E-state index in [0.717, 1.165) is 23.4 Å². The van der Waals surface area contributed by atoms with E-state index >= 15 is 0 Å². The predicted octanol–water partition coefficient (Wildman–Crippen LogP) is 2.78. The van der Waals surface area contributed by atoms with E-state index < -0.39 is 0 Å². The molecule has 0 saturated carbocycles. The van der Waals surface area contributed by atoms with Crippen LogP contribution in [0, 0.1) is 0 Å². The summed E-state index contributed by atoms with van der Waals surface area (Å²) >= 11 is 0. The first-order valence-corrected chi connectivity index (χ1v) is 5.91. The van der Waals surface area contributed by atoms with Gasteiger partial charge >= 0.3 is 0 Å². The minimum atomic E-state index is -0.276. The molecule has 1 heterocycles. The highest BCUT2D eigenvalue weighted by atomic mass is 16.5. The third kappa shape index (κ3) is 1.74. The van der Waals surface area contributed by atoms with Gasteiger partial charge < -0.3 is 14.4 Å². The second kappa shape index (κ2) is 4.53. The summed E-state index contributed by atoms with van der Waals surface area (Å²) in [7, 11) is 0. The predicted molar refractivity (Wildman–Crippen MR) is 70.4 cm³/mol. The number of nitrogens with zero attached hydrogens (tertiary/aromatic N) is 1. The maximum atomic E-state index is 11.2. The average Bonchev–Trinajstić information content (AvgIpc) is 2.47. The fourth-order valence-corrected chi connectivity index (χ4v) is 2.23. The number of hydrogen-bond donors (Lipinski definition) is 0. The Hall–Kier alpha value is -2.29. The number of carbonyl (C=O) groups is 1. The molecule has 0 saturated heterocycles. The van der Waals surface area contributed by atoms with Crippen LogP contribution in [0.1, 0.15) is 0 Å². The molecule has 1 aliphatic rings. The van der Waals surface area contributed by atoms with Crippen molar-refractivity contribution in [3.8, 4) is 5.75 Å². The standard InChI is InChI=1S/C15H13NO2/c17-10-13-11-18-15-9-5-4-8-14(15)16(13)12-6-2-1-3-7-12/h1-10,13H,11H2. The highest BCUT2D eigenvalue weighted by Crippen LogP contribution is 2.38. The third-order valence-corrected chi connectivity index (χ3v) is 3.06. The summed E-state index contributed by atoms with van der Waals surface area (Å²) in [5, 5.41) is 0. The van der Waals surface area contributed by atoms with Crippen LogP contribution in [0.3, 0.4) is 0 Å². The molecule has 2 aromatic rings. The van der Waals surface area contributed by atoms with Crippen LogP contribution in [0.25, 0.3) is 0 Å².